The lowest BCUT2D eigenvalue weighted by molar-refractivity contribution is 0.157. The van der Waals surface area contributed by atoms with Gasteiger partial charge in [-0.1, -0.05) is 36.8 Å². The quantitative estimate of drug-likeness (QED) is 0.667. The van der Waals surface area contributed by atoms with Crippen LogP contribution in [0.15, 0.2) is 24.3 Å². The number of likely N-dealkylation sites (N-methyl/N-ethyl adjacent to an activating group) is 1. The van der Waals surface area contributed by atoms with Crippen LogP contribution < -0.4 is 0 Å². The van der Waals surface area contributed by atoms with Crippen molar-refractivity contribution in [3.05, 3.63) is 35.4 Å². The summed E-state index contributed by atoms with van der Waals surface area (Å²) in [5.41, 5.74) is 2.87. The van der Waals surface area contributed by atoms with Crippen LogP contribution >= 0.6 is 0 Å². The van der Waals surface area contributed by atoms with Crippen LogP contribution in [0.25, 0.3) is 0 Å². The summed E-state index contributed by atoms with van der Waals surface area (Å²) < 4.78 is 0. The maximum atomic E-state index is 2.48. The predicted molar refractivity (Wildman–Crippen MR) is 56.0 cm³/mol. The van der Waals surface area contributed by atoms with E-state index >= 15 is 0 Å². The van der Waals surface area contributed by atoms with E-state index in [-0.39, 0.29) is 0 Å². The monoisotopic (exact) mass is 175 g/mol. The molecule has 0 bridgehead atoms. The van der Waals surface area contributed by atoms with E-state index in [0.29, 0.717) is 0 Å². The number of benzene rings is 1. The van der Waals surface area contributed by atoms with E-state index in [0.717, 1.165) is 5.92 Å². The van der Waals surface area contributed by atoms with Crippen molar-refractivity contribution in [2.24, 2.45) is 0 Å². The van der Waals surface area contributed by atoms with Crippen LogP contribution in [0.3, 0.4) is 0 Å². The van der Waals surface area contributed by atoms with Crippen LogP contribution in [0.5, 0.6) is 0 Å². The second-order valence-electron chi connectivity index (χ2n) is 3.96. The molecule has 0 spiro atoms. The minimum atomic E-state index is 0.792. The van der Waals surface area contributed by atoms with Crippen molar-refractivity contribution < 1.29 is 0 Å². The predicted octanol–water partition coefficient (Wildman–Crippen LogP) is 2.41. The number of likely N-dealkylation sites (tertiary alicyclic amines) is 1. The fourth-order valence-electron chi connectivity index (χ4n) is 1.88. The summed E-state index contributed by atoms with van der Waals surface area (Å²) in [5, 5.41) is 0. The minimum absolute atomic E-state index is 0.792. The smallest absolute Gasteiger partial charge is 0.00936 e. The van der Waals surface area contributed by atoms with E-state index < -0.39 is 0 Å². The molecule has 1 nitrogen and oxygen atoms in total. The molecule has 1 aromatic carbocycles. The Kier molecular flexibility index (Phi) is 2.36. The summed E-state index contributed by atoms with van der Waals surface area (Å²) in [4.78, 5) is 2.48. The number of rotatable bonds is 2. The van der Waals surface area contributed by atoms with Gasteiger partial charge in [0.05, 0.1) is 0 Å². The fraction of sp³-hybridized carbons (Fsp3) is 0.500. The van der Waals surface area contributed by atoms with Crippen molar-refractivity contribution in [3.63, 3.8) is 0 Å². The Labute approximate surface area is 80.4 Å². The third-order valence-corrected chi connectivity index (χ3v) is 2.95. The summed E-state index contributed by atoms with van der Waals surface area (Å²) in [6.07, 6.45) is 0. The van der Waals surface area contributed by atoms with Crippen LogP contribution in [0, 0.1) is 6.92 Å². The van der Waals surface area contributed by atoms with Gasteiger partial charge in [0.15, 0.2) is 0 Å². The SMILES string of the molecule is CCN1CC(c2ccc(C)cc2)C1. The first kappa shape index (κ1) is 8.76. The molecule has 1 saturated heterocycles. The van der Waals surface area contributed by atoms with Crippen molar-refractivity contribution in [1.29, 1.82) is 0 Å². The van der Waals surface area contributed by atoms with E-state index in [4.69, 9.17) is 0 Å². The highest BCUT2D eigenvalue weighted by molar-refractivity contribution is 5.26. The molecule has 1 heterocycles. The molecule has 13 heavy (non-hydrogen) atoms. The molecule has 0 aliphatic carbocycles. The Morgan fingerprint density at radius 3 is 2.38 bits per heavy atom. The molecule has 0 saturated carbocycles. The lowest BCUT2D eigenvalue weighted by atomic mass is 9.91. The molecule has 0 unspecified atom stereocenters. The van der Waals surface area contributed by atoms with Gasteiger partial charge in [0, 0.05) is 19.0 Å². The average molecular weight is 175 g/mol. The summed E-state index contributed by atoms with van der Waals surface area (Å²) in [7, 11) is 0. The molecular weight excluding hydrogens is 158 g/mol. The summed E-state index contributed by atoms with van der Waals surface area (Å²) in [6.45, 7) is 8.07. The van der Waals surface area contributed by atoms with Crippen molar-refractivity contribution in [1.82, 2.24) is 4.90 Å². The molecule has 1 aliphatic rings. The first-order chi connectivity index (χ1) is 6.29. The Morgan fingerprint density at radius 1 is 1.23 bits per heavy atom. The van der Waals surface area contributed by atoms with Crippen molar-refractivity contribution in [3.8, 4) is 0 Å². The Bertz CT molecular complexity index is 270. The first-order valence-corrected chi connectivity index (χ1v) is 5.08. The number of nitrogens with zero attached hydrogens (tertiary/aromatic N) is 1. The molecule has 1 fully saturated rings. The van der Waals surface area contributed by atoms with Gasteiger partial charge < -0.3 is 4.90 Å². The minimum Gasteiger partial charge on any atom is -0.302 e. The zero-order valence-electron chi connectivity index (χ0n) is 8.46. The zero-order chi connectivity index (χ0) is 9.26. The van der Waals surface area contributed by atoms with Gasteiger partial charge >= 0.3 is 0 Å². The van der Waals surface area contributed by atoms with E-state index in [2.05, 4.69) is 43.0 Å². The fourth-order valence-corrected chi connectivity index (χ4v) is 1.88. The average Bonchev–Trinajstić information content (AvgIpc) is 2.06. The zero-order valence-corrected chi connectivity index (χ0v) is 8.46. The van der Waals surface area contributed by atoms with E-state index in [1.807, 2.05) is 0 Å². The highest BCUT2D eigenvalue weighted by Crippen LogP contribution is 2.26. The molecule has 2 rings (SSSR count). The topological polar surface area (TPSA) is 3.24 Å². The Balaban J connectivity index is 1.99. The maximum Gasteiger partial charge on any atom is 0.00936 e. The van der Waals surface area contributed by atoms with Gasteiger partial charge in [0.1, 0.15) is 0 Å². The summed E-state index contributed by atoms with van der Waals surface area (Å²) in [5.74, 6) is 0.792. The third kappa shape index (κ3) is 1.75. The van der Waals surface area contributed by atoms with Gasteiger partial charge in [-0.3, -0.25) is 0 Å². The van der Waals surface area contributed by atoms with Gasteiger partial charge in [0.25, 0.3) is 0 Å². The number of aryl methyl sites for hydroxylation is 1. The van der Waals surface area contributed by atoms with Crippen molar-refractivity contribution in [2.45, 2.75) is 19.8 Å². The summed E-state index contributed by atoms with van der Waals surface area (Å²) in [6, 6.07) is 8.97. The molecule has 70 valence electrons. The van der Waals surface area contributed by atoms with Gasteiger partial charge in [-0.25, -0.2) is 0 Å². The molecule has 1 heteroatoms. The molecule has 1 aliphatic heterocycles. The number of hydrogen-bond donors (Lipinski definition) is 0. The van der Waals surface area contributed by atoms with Crippen molar-refractivity contribution >= 4 is 0 Å². The van der Waals surface area contributed by atoms with Crippen LogP contribution in [-0.4, -0.2) is 24.5 Å². The third-order valence-electron chi connectivity index (χ3n) is 2.95. The van der Waals surface area contributed by atoms with Gasteiger partial charge in [0.2, 0.25) is 0 Å². The van der Waals surface area contributed by atoms with E-state index in [9.17, 15) is 0 Å². The van der Waals surface area contributed by atoms with Crippen LogP contribution in [-0.2, 0) is 0 Å². The molecule has 0 amide bonds. The highest BCUT2D eigenvalue weighted by Gasteiger charge is 2.25. The van der Waals surface area contributed by atoms with Crippen LogP contribution in [0.4, 0.5) is 0 Å². The molecule has 0 radical (unpaired) electrons. The van der Waals surface area contributed by atoms with E-state index in [1.54, 1.807) is 0 Å². The lowest BCUT2D eigenvalue weighted by Gasteiger charge is -2.38. The maximum absolute atomic E-state index is 2.48. The van der Waals surface area contributed by atoms with Crippen LogP contribution in [0.1, 0.15) is 24.0 Å². The highest BCUT2D eigenvalue weighted by atomic mass is 15.2. The van der Waals surface area contributed by atoms with Crippen LogP contribution in [0.2, 0.25) is 0 Å². The largest absolute Gasteiger partial charge is 0.302 e. The lowest BCUT2D eigenvalue weighted by Crippen LogP contribution is -2.44. The molecule has 0 aromatic heterocycles. The second-order valence-corrected chi connectivity index (χ2v) is 3.96. The Morgan fingerprint density at radius 2 is 1.85 bits per heavy atom. The Hall–Kier alpha value is -0.820. The van der Waals surface area contributed by atoms with Gasteiger partial charge in [-0.2, -0.15) is 0 Å². The van der Waals surface area contributed by atoms with E-state index in [1.165, 1.54) is 30.8 Å². The van der Waals surface area contributed by atoms with Gasteiger partial charge in [-0.05, 0) is 19.0 Å². The first-order valence-electron chi connectivity index (χ1n) is 5.08. The van der Waals surface area contributed by atoms with Crippen molar-refractivity contribution in [2.75, 3.05) is 19.6 Å². The number of hydrogen-bond acceptors (Lipinski definition) is 1. The van der Waals surface area contributed by atoms with Gasteiger partial charge in [-0.15, -0.1) is 0 Å². The molecule has 0 atom stereocenters. The normalized spacial score (nSPS) is 18.6. The molecular formula is C12H17N. The second kappa shape index (κ2) is 3.51. The standard InChI is InChI=1S/C12H17N/c1-3-13-8-12(9-13)11-6-4-10(2)5-7-11/h4-7,12H,3,8-9H2,1-2H3. The molecule has 1 aromatic rings. The summed E-state index contributed by atoms with van der Waals surface area (Å²) >= 11 is 0. The molecule has 0 N–H and O–H groups in total.